The standard InChI is InChI=1S/C23H25FN4O2/c1-17-15-28(23(29)30-17)20-6-7-21(22(24)14-20)19-4-2-18(3-5-19)16-27-12-10-26(9-8-25)11-13-27/h2-7,14,17H,9-13,15-16H2,1H3/t17-/m0/s1. The highest BCUT2D eigenvalue weighted by molar-refractivity contribution is 5.90. The van der Waals surface area contributed by atoms with E-state index in [0.29, 0.717) is 24.3 Å². The lowest BCUT2D eigenvalue weighted by Crippen LogP contribution is -2.45. The monoisotopic (exact) mass is 408 g/mol. The van der Waals surface area contributed by atoms with Gasteiger partial charge in [0.15, 0.2) is 0 Å². The Kier molecular flexibility index (Phi) is 5.98. The van der Waals surface area contributed by atoms with Crippen molar-refractivity contribution >= 4 is 11.8 Å². The summed E-state index contributed by atoms with van der Waals surface area (Å²) in [6, 6.07) is 15.0. The van der Waals surface area contributed by atoms with Gasteiger partial charge in [-0.05, 0) is 36.2 Å². The van der Waals surface area contributed by atoms with Gasteiger partial charge in [0.2, 0.25) is 0 Å². The maximum absolute atomic E-state index is 14.8. The number of rotatable bonds is 5. The molecule has 0 aliphatic carbocycles. The number of benzene rings is 2. The number of carbonyl (C=O) groups excluding carboxylic acids is 1. The minimum atomic E-state index is -0.438. The van der Waals surface area contributed by atoms with Crippen LogP contribution in [-0.2, 0) is 11.3 Å². The number of nitrogens with zero attached hydrogens (tertiary/aromatic N) is 4. The van der Waals surface area contributed by atoms with Crippen LogP contribution in [0.15, 0.2) is 42.5 Å². The van der Waals surface area contributed by atoms with E-state index < -0.39 is 6.09 Å². The Balaban J connectivity index is 1.41. The van der Waals surface area contributed by atoms with Crippen LogP contribution in [-0.4, -0.2) is 61.3 Å². The van der Waals surface area contributed by atoms with Crippen molar-refractivity contribution in [3.8, 4) is 17.2 Å². The van der Waals surface area contributed by atoms with Crippen LogP contribution in [0.25, 0.3) is 11.1 Å². The largest absolute Gasteiger partial charge is 0.444 e. The number of halogens is 1. The molecule has 0 aromatic heterocycles. The van der Waals surface area contributed by atoms with Gasteiger partial charge in [-0.3, -0.25) is 14.7 Å². The lowest BCUT2D eigenvalue weighted by atomic mass is 10.0. The summed E-state index contributed by atoms with van der Waals surface area (Å²) in [5, 5.41) is 8.80. The second-order valence-electron chi connectivity index (χ2n) is 7.88. The highest BCUT2D eigenvalue weighted by atomic mass is 19.1. The Morgan fingerprint density at radius 3 is 2.40 bits per heavy atom. The molecule has 0 unspecified atom stereocenters. The van der Waals surface area contributed by atoms with E-state index in [0.717, 1.165) is 38.3 Å². The van der Waals surface area contributed by atoms with E-state index in [1.807, 2.05) is 31.2 Å². The van der Waals surface area contributed by atoms with Gasteiger partial charge < -0.3 is 4.74 Å². The first-order valence-corrected chi connectivity index (χ1v) is 10.2. The Labute approximate surface area is 176 Å². The highest BCUT2D eigenvalue weighted by Gasteiger charge is 2.29. The maximum atomic E-state index is 14.8. The van der Waals surface area contributed by atoms with Crippen LogP contribution in [0.1, 0.15) is 12.5 Å². The SMILES string of the molecule is C[C@H]1CN(c2ccc(-c3ccc(CN4CCN(CC#N)CC4)cc3)c(F)c2)C(=O)O1. The van der Waals surface area contributed by atoms with E-state index in [1.165, 1.54) is 16.5 Å². The van der Waals surface area contributed by atoms with Gasteiger partial charge in [0.1, 0.15) is 11.9 Å². The fraction of sp³-hybridized carbons (Fsp3) is 0.391. The Hall–Kier alpha value is -2.95. The van der Waals surface area contributed by atoms with Crippen LogP contribution in [0, 0.1) is 17.1 Å². The minimum Gasteiger partial charge on any atom is -0.444 e. The molecule has 4 rings (SSSR count). The summed E-state index contributed by atoms with van der Waals surface area (Å²) in [5.74, 6) is -0.360. The van der Waals surface area contributed by atoms with Crippen molar-refractivity contribution in [3.05, 3.63) is 53.8 Å². The Morgan fingerprint density at radius 2 is 1.80 bits per heavy atom. The summed E-state index contributed by atoms with van der Waals surface area (Å²) >= 11 is 0. The fourth-order valence-corrected chi connectivity index (χ4v) is 3.97. The van der Waals surface area contributed by atoms with Gasteiger partial charge in [0, 0.05) is 38.3 Å². The molecule has 0 N–H and O–H groups in total. The molecule has 2 saturated heterocycles. The first-order chi connectivity index (χ1) is 14.5. The summed E-state index contributed by atoms with van der Waals surface area (Å²) in [6.45, 7) is 7.28. The molecule has 2 heterocycles. The first-order valence-electron chi connectivity index (χ1n) is 10.2. The zero-order chi connectivity index (χ0) is 21.1. The lowest BCUT2D eigenvalue weighted by Gasteiger charge is -2.33. The van der Waals surface area contributed by atoms with Crippen LogP contribution in [0.4, 0.5) is 14.9 Å². The summed E-state index contributed by atoms with van der Waals surface area (Å²) in [5.41, 5.74) is 3.01. The Bertz CT molecular complexity index is 949. The molecule has 0 saturated carbocycles. The molecule has 0 spiro atoms. The highest BCUT2D eigenvalue weighted by Crippen LogP contribution is 2.29. The zero-order valence-corrected chi connectivity index (χ0v) is 17.1. The van der Waals surface area contributed by atoms with Crippen LogP contribution in [0.5, 0.6) is 0 Å². The van der Waals surface area contributed by atoms with Gasteiger partial charge in [-0.25, -0.2) is 9.18 Å². The van der Waals surface area contributed by atoms with Gasteiger partial charge in [-0.2, -0.15) is 5.26 Å². The number of hydrogen-bond acceptors (Lipinski definition) is 5. The molecule has 0 bridgehead atoms. The summed E-state index contributed by atoms with van der Waals surface area (Å²) in [7, 11) is 0. The average Bonchev–Trinajstić information content (AvgIpc) is 3.08. The fourth-order valence-electron chi connectivity index (χ4n) is 3.97. The number of hydrogen-bond donors (Lipinski definition) is 0. The molecule has 7 heteroatoms. The van der Waals surface area contributed by atoms with Gasteiger partial charge >= 0.3 is 6.09 Å². The minimum absolute atomic E-state index is 0.192. The molecular weight excluding hydrogens is 383 g/mol. The van der Waals surface area contributed by atoms with Crippen molar-refractivity contribution in [1.29, 1.82) is 5.26 Å². The maximum Gasteiger partial charge on any atom is 0.414 e. The molecule has 156 valence electrons. The normalized spacial score (nSPS) is 20.2. The number of nitriles is 1. The molecule has 6 nitrogen and oxygen atoms in total. The summed E-state index contributed by atoms with van der Waals surface area (Å²) in [4.78, 5) is 17.8. The summed E-state index contributed by atoms with van der Waals surface area (Å²) < 4.78 is 19.9. The molecule has 2 fully saturated rings. The third-order valence-corrected chi connectivity index (χ3v) is 5.66. The van der Waals surface area contributed by atoms with E-state index in [-0.39, 0.29) is 11.9 Å². The molecule has 1 amide bonds. The third kappa shape index (κ3) is 4.45. The van der Waals surface area contributed by atoms with E-state index in [4.69, 9.17) is 10.00 Å². The molecule has 2 aromatic carbocycles. The predicted molar refractivity (Wildman–Crippen MR) is 112 cm³/mol. The number of piperazine rings is 1. The van der Waals surface area contributed by atoms with Gasteiger partial charge in [-0.15, -0.1) is 0 Å². The van der Waals surface area contributed by atoms with Crippen molar-refractivity contribution in [1.82, 2.24) is 9.80 Å². The van der Waals surface area contributed by atoms with Gasteiger partial charge in [0.05, 0.1) is 24.8 Å². The number of ether oxygens (including phenoxy) is 1. The van der Waals surface area contributed by atoms with Crippen molar-refractivity contribution in [2.75, 3.05) is 44.2 Å². The third-order valence-electron chi connectivity index (χ3n) is 5.66. The molecule has 2 aliphatic heterocycles. The number of carbonyl (C=O) groups is 1. The smallest absolute Gasteiger partial charge is 0.414 e. The van der Waals surface area contributed by atoms with Crippen molar-refractivity contribution in [2.24, 2.45) is 0 Å². The second-order valence-corrected chi connectivity index (χ2v) is 7.88. The second kappa shape index (κ2) is 8.82. The number of anilines is 1. The molecule has 1 atom stereocenters. The predicted octanol–water partition coefficient (Wildman–Crippen LogP) is 3.48. The molecule has 2 aromatic rings. The van der Waals surface area contributed by atoms with E-state index in [1.54, 1.807) is 12.1 Å². The van der Waals surface area contributed by atoms with Crippen molar-refractivity contribution < 1.29 is 13.9 Å². The molecule has 2 aliphatic rings. The lowest BCUT2D eigenvalue weighted by molar-refractivity contribution is 0.138. The van der Waals surface area contributed by atoms with Gasteiger partial charge in [-0.1, -0.05) is 24.3 Å². The van der Waals surface area contributed by atoms with Crippen LogP contribution in [0.3, 0.4) is 0 Å². The zero-order valence-electron chi connectivity index (χ0n) is 17.1. The molecule has 30 heavy (non-hydrogen) atoms. The number of cyclic esters (lactones) is 1. The van der Waals surface area contributed by atoms with Crippen LogP contribution >= 0.6 is 0 Å². The average molecular weight is 408 g/mol. The van der Waals surface area contributed by atoms with E-state index in [2.05, 4.69) is 15.9 Å². The molecule has 0 radical (unpaired) electrons. The summed E-state index contributed by atoms with van der Waals surface area (Å²) in [6.07, 6.45) is -0.630. The van der Waals surface area contributed by atoms with Crippen molar-refractivity contribution in [2.45, 2.75) is 19.6 Å². The van der Waals surface area contributed by atoms with Crippen LogP contribution < -0.4 is 4.90 Å². The first kappa shape index (κ1) is 20.3. The van der Waals surface area contributed by atoms with Gasteiger partial charge in [0.25, 0.3) is 0 Å². The quantitative estimate of drug-likeness (QED) is 0.709. The van der Waals surface area contributed by atoms with Crippen LogP contribution in [0.2, 0.25) is 0 Å². The topological polar surface area (TPSA) is 59.8 Å². The Morgan fingerprint density at radius 1 is 1.10 bits per heavy atom. The van der Waals surface area contributed by atoms with E-state index >= 15 is 0 Å². The molecular formula is C23H25FN4O2. The van der Waals surface area contributed by atoms with E-state index in [9.17, 15) is 9.18 Å². The van der Waals surface area contributed by atoms with Crippen molar-refractivity contribution in [3.63, 3.8) is 0 Å². The number of amides is 1.